The lowest BCUT2D eigenvalue weighted by atomic mass is 9.88. The minimum atomic E-state index is -0.201. The third-order valence-electron chi connectivity index (χ3n) is 6.32. The van der Waals surface area contributed by atoms with Crippen LogP contribution < -0.4 is 0 Å². The van der Waals surface area contributed by atoms with E-state index in [-0.39, 0.29) is 5.82 Å². The van der Waals surface area contributed by atoms with Crippen LogP contribution in [0.25, 0.3) is 5.57 Å². The molecule has 2 aromatic rings. The van der Waals surface area contributed by atoms with Gasteiger partial charge in [-0.15, -0.1) is 0 Å². The summed E-state index contributed by atoms with van der Waals surface area (Å²) in [6, 6.07) is 13.6. The second-order valence-electron chi connectivity index (χ2n) is 7.61. The van der Waals surface area contributed by atoms with Gasteiger partial charge in [0.05, 0.1) is 0 Å². The molecule has 1 fully saturated rings. The van der Waals surface area contributed by atoms with E-state index in [0.29, 0.717) is 5.41 Å². The van der Waals surface area contributed by atoms with Crippen LogP contribution in [0.5, 0.6) is 0 Å². The van der Waals surface area contributed by atoms with Crippen molar-refractivity contribution in [2.24, 2.45) is 11.8 Å². The van der Waals surface area contributed by atoms with Crippen LogP contribution in [0.1, 0.15) is 43.0 Å². The average Bonchev–Trinajstić information content (AvgIpc) is 3.07. The molecule has 0 N–H and O–H groups in total. The van der Waals surface area contributed by atoms with Gasteiger partial charge in [0.25, 0.3) is 0 Å². The van der Waals surface area contributed by atoms with Crippen molar-refractivity contribution in [2.45, 2.75) is 39.5 Å². The van der Waals surface area contributed by atoms with E-state index in [1.54, 1.807) is 12.1 Å². The summed E-state index contributed by atoms with van der Waals surface area (Å²) in [5.74, 6) is 1.26. The van der Waals surface area contributed by atoms with E-state index in [4.69, 9.17) is 0 Å². The SMILES string of the molecule is C=C(/C=C\Cc1ccccc1C1(C)C(C)C1C)c1ccc(F)cc1C. The molecule has 1 saturated carbocycles. The van der Waals surface area contributed by atoms with Gasteiger partial charge in [-0.25, -0.2) is 4.39 Å². The van der Waals surface area contributed by atoms with E-state index < -0.39 is 0 Å². The highest BCUT2D eigenvalue weighted by molar-refractivity contribution is 5.74. The second kappa shape index (κ2) is 6.63. The minimum absolute atomic E-state index is 0.201. The summed E-state index contributed by atoms with van der Waals surface area (Å²) in [5, 5.41) is 0. The monoisotopic (exact) mass is 334 g/mol. The van der Waals surface area contributed by atoms with Crippen LogP contribution in [0.3, 0.4) is 0 Å². The number of hydrogen-bond donors (Lipinski definition) is 0. The molecule has 0 heterocycles. The normalized spacial score (nSPS) is 25.3. The smallest absolute Gasteiger partial charge is 0.123 e. The maximum absolute atomic E-state index is 13.3. The lowest BCUT2D eigenvalue weighted by Crippen LogP contribution is -2.08. The van der Waals surface area contributed by atoms with Crippen LogP contribution in [0.4, 0.5) is 4.39 Å². The molecule has 0 bridgehead atoms. The van der Waals surface area contributed by atoms with Crippen molar-refractivity contribution in [1.29, 1.82) is 0 Å². The van der Waals surface area contributed by atoms with Gasteiger partial charge in [0.15, 0.2) is 0 Å². The molecule has 2 atom stereocenters. The Bertz CT molecular complexity index is 820. The quantitative estimate of drug-likeness (QED) is 0.548. The topological polar surface area (TPSA) is 0 Å². The van der Waals surface area contributed by atoms with Gasteiger partial charge in [0.2, 0.25) is 0 Å². The molecule has 3 rings (SSSR count). The van der Waals surface area contributed by atoms with Crippen molar-refractivity contribution in [3.63, 3.8) is 0 Å². The highest BCUT2D eigenvalue weighted by Crippen LogP contribution is 2.59. The number of rotatable bonds is 5. The lowest BCUT2D eigenvalue weighted by Gasteiger charge is -2.16. The van der Waals surface area contributed by atoms with Crippen LogP contribution in [-0.4, -0.2) is 0 Å². The van der Waals surface area contributed by atoms with Crippen LogP contribution >= 0.6 is 0 Å². The molecule has 1 aliphatic rings. The van der Waals surface area contributed by atoms with Gasteiger partial charge >= 0.3 is 0 Å². The Balaban J connectivity index is 1.76. The molecule has 2 aromatic carbocycles. The third kappa shape index (κ3) is 3.20. The maximum Gasteiger partial charge on any atom is 0.123 e. The first-order valence-electron chi connectivity index (χ1n) is 9.06. The van der Waals surface area contributed by atoms with E-state index in [2.05, 4.69) is 63.8 Å². The van der Waals surface area contributed by atoms with Crippen molar-refractivity contribution in [1.82, 2.24) is 0 Å². The van der Waals surface area contributed by atoms with Crippen LogP contribution in [-0.2, 0) is 11.8 Å². The van der Waals surface area contributed by atoms with Crippen LogP contribution in [0.2, 0.25) is 0 Å². The molecule has 0 spiro atoms. The van der Waals surface area contributed by atoms with Gasteiger partial charge in [-0.1, -0.05) is 69.8 Å². The Morgan fingerprint density at radius 2 is 1.84 bits per heavy atom. The predicted octanol–water partition coefficient (Wildman–Crippen LogP) is 6.49. The molecule has 0 aliphatic heterocycles. The van der Waals surface area contributed by atoms with Crippen molar-refractivity contribution < 1.29 is 4.39 Å². The van der Waals surface area contributed by atoms with Gasteiger partial charge in [-0.3, -0.25) is 0 Å². The molecular weight excluding hydrogens is 307 g/mol. The van der Waals surface area contributed by atoms with Crippen molar-refractivity contribution >= 4 is 5.57 Å². The van der Waals surface area contributed by atoms with Crippen LogP contribution in [0.15, 0.2) is 61.2 Å². The summed E-state index contributed by atoms with van der Waals surface area (Å²) in [7, 11) is 0. The summed E-state index contributed by atoms with van der Waals surface area (Å²) < 4.78 is 13.3. The van der Waals surface area contributed by atoms with Crippen molar-refractivity contribution in [3.05, 3.63) is 89.3 Å². The Hall–Kier alpha value is -2.15. The first kappa shape index (κ1) is 17.7. The molecule has 0 amide bonds. The second-order valence-corrected chi connectivity index (χ2v) is 7.61. The highest BCUT2D eigenvalue weighted by atomic mass is 19.1. The molecule has 0 nitrogen and oxygen atoms in total. The van der Waals surface area contributed by atoms with Gasteiger partial charge in [-0.2, -0.15) is 0 Å². The summed E-state index contributed by atoms with van der Waals surface area (Å²) in [4.78, 5) is 0. The highest BCUT2D eigenvalue weighted by Gasteiger charge is 2.56. The van der Waals surface area contributed by atoms with Crippen molar-refractivity contribution in [2.75, 3.05) is 0 Å². The first-order chi connectivity index (χ1) is 11.9. The summed E-state index contributed by atoms with van der Waals surface area (Å²) in [5.41, 5.74) is 6.01. The Morgan fingerprint density at radius 3 is 2.48 bits per heavy atom. The van der Waals surface area contributed by atoms with Crippen LogP contribution in [0, 0.1) is 24.6 Å². The van der Waals surface area contributed by atoms with E-state index in [1.165, 1.54) is 17.2 Å². The average molecular weight is 334 g/mol. The molecule has 130 valence electrons. The van der Waals surface area contributed by atoms with E-state index in [9.17, 15) is 4.39 Å². The molecule has 25 heavy (non-hydrogen) atoms. The molecule has 1 heteroatoms. The predicted molar refractivity (Wildman–Crippen MR) is 105 cm³/mol. The lowest BCUT2D eigenvalue weighted by molar-refractivity contribution is 0.626. The Kier molecular flexibility index (Phi) is 4.69. The third-order valence-corrected chi connectivity index (χ3v) is 6.32. The van der Waals surface area contributed by atoms with Gasteiger partial charge in [0, 0.05) is 0 Å². The molecule has 1 aliphatic carbocycles. The molecule has 2 unspecified atom stereocenters. The number of allylic oxidation sites excluding steroid dienone is 3. The number of aryl methyl sites for hydroxylation is 1. The zero-order chi connectivity index (χ0) is 18.2. The fourth-order valence-electron chi connectivity index (χ4n) is 4.10. The zero-order valence-electron chi connectivity index (χ0n) is 15.6. The number of benzene rings is 2. The van der Waals surface area contributed by atoms with Crippen molar-refractivity contribution in [3.8, 4) is 0 Å². The molecule has 0 radical (unpaired) electrons. The van der Waals surface area contributed by atoms with Gasteiger partial charge in [0.1, 0.15) is 5.82 Å². The summed E-state index contributed by atoms with van der Waals surface area (Å²) in [6.07, 6.45) is 5.12. The summed E-state index contributed by atoms with van der Waals surface area (Å²) in [6.45, 7) is 13.1. The minimum Gasteiger partial charge on any atom is -0.207 e. The van der Waals surface area contributed by atoms with E-state index in [1.807, 2.05) is 6.92 Å². The van der Waals surface area contributed by atoms with Gasteiger partial charge in [-0.05, 0) is 70.6 Å². The molecule has 0 aromatic heterocycles. The number of halogens is 1. The Labute approximate surface area is 151 Å². The largest absolute Gasteiger partial charge is 0.207 e. The standard InChI is InChI=1S/C24H27F/c1-16(22-14-13-21(25)15-17(22)2)9-8-11-20-10-6-7-12-23(20)24(5)18(3)19(24)4/h6-10,12-15,18-19H,1,11H2,2-5H3/b9-8-. The van der Waals surface area contributed by atoms with E-state index >= 15 is 0 Å². The first-order valence-corrected chi connectivity index (χ1v) is 9.06. The number of hydrogen-bond acceptors (Lipinski definition) is 0. The van der Waals surface area contributed by atoms with E-state index in [0.717, 1.165) is 35.0 Å². The fraction of sp³-hybridized carbons (Fsp3) is 0.333. The maximum atomic E-state index is 13.3. The van der Waals surface area contributed by atoms with Gasteiger partial charge < -0.3 is 0 Å². The molecule has 0 saturated heterocycles. The fourth-order valence-corrected chi connectivity index (χ4v) is 4.10. The summed E-state index contributed by atoms with van der Waals surface area (Å²) >= 11 is 0. The molecular formula is C24H27F. The Morgan fingerprint density at radius 1 is 1.16 bits per heavy atom. The zero-order valence-corrected chi connectivity index (χ0v) is 15.6.